The van der Waals surface area contributed by atoms with Crippen molar-refractivity contribution < 1.29 is 19.1 Å². The number of ether oxygens (including phenoxy) is 2. The summed E-state index contributed by atoms with van der Waals surface area (Å²) in [5, 5.41) is 2.98. The molecule has 3 rings (SSSR count). The van der Waals surface area contributed by atoms with Gasteiger partial charge in [-0.15, -0.1) is 11.8 Å². The van der Waals surface area contributed by atoms with Crippen molar-refractivity contribution in [2.24, 2.45) is 0 Å². The lowest BCUT2D eigenvalue weighted by Crippen LogP contribution is -2.41. The maximum Gasteiger partial charge on any atom is 0.234 e. The fourth-order valence-electron chi connectivity index (χ4n) is 3.01. The quantitative estimate of drug-likeness (QED) is 0.702. The molecule has 1 N–H and O–H groups in total. The van der Waals surface area contributed by atoms with Crippen LogP contribution in [0.4, 0.5) is 11.4 Å². The monoisotopic (exact) mass is 457 g/mol. The molecule has 1 aromatic carbocycles. The molecule has 0 aliphatic carbocycles. The molecule has 27 heavy (non-hydrogen) atoms. The molecular formula is C18H24BrN3O4S. The number of hydrogen-bond acceptors (Lipinski definition) is 6. The third-order valence-electron chi connectivity index (χ3n) is 4.41. The minimum Gasteiger partial charge on any atom is -0.378 e. The van der Waals surface area contributed by atoms with E-state index in [-0.39, 0.29) is 17.6 Å². The highest BCUT2D eigenvalue weighted by molar-refractivity contribution is 9.10. The number of benzene rings is 1. The lowest BCUT2D eigenvalue weighted by atomic mass is 10.2. The van der Waals surface area contributed by atoms with Gasteiger partial charge in [-0.2, -0.15) is 0 Å². The predicted molar refractivity (Wildman–Crippen MR) is 111 cm³/mol. The first kappa shape index (κ1) is 20.4. The summed E-state index contributed by atoms with van der Waals surface area (Å²) < 4.78 is 11.6. The third kappa shape index (κ3) is 6.10. The fourth-order valence-corrected chi connectivity index (χ4v) is 4.09. The highest BCUT2D eigenvalue weighted by atomic mass is 79.9. The molecule has 0 radical (unpaired) electrons. The lowest BCUT2D eigenvalue weighted by molar-refractivity contribution is -0.132. The van der Waals surface area contributed by atoms with Crippen LogP contribution in [0.15, 0.2) is 22.7 Å². The Labute approximate surface area is 171 Å². The summed E-state index contributed by atoms with van der Waals surface area (Å²) in [4.78, 5) is 28.5. The number of hydrogen-bond donors (Lipinski definition) is 1. The summed E-state index contributed by atoms with van der Waals surface area (Å²) in [5.74, 6) is 0.503. The topological polar surface area (TPSA) is 71.1 Å². The van der Waals surface area contributed by atoms with E-state index in [0.717, 1.165) is 28.9 Å². The lowest BCUT2D eigenvalue weighted by Gasteiger charge is -2.30. The van der Waals surface area contributed by atoms with Gasteiger partial charge < -0.3 is 24.6 Å². The van der Waals surface area contributed by atoms with Gasteiger partial charge in [0, 0.05) is 30.7 Å². The summed E-state index contributed by atoms with van der Waals surface area (Å²) >= 11 is 4.80. The van der Waals surface area contributed by atoms with E-state index in [9.17, 15) is 9.59 Å². The van der Waals surface area contributed by atoms with Gasteiger partial charge in [-0.25, -0.2) is 0 Å². The van der Waals surface area contributed by atoms with Crippen LogP contribution < -0.4 is 10.2 Å². The largest absolute Gasteiger partial charge is 0.378 e. The average Bonchev–Trinajstić information content (AvgIpc) is 2.69. The Balaban J connectivity index is 1.51. The molecular weight excluding hydrogens is 434 g/mol. The van der Waals surface area contributed by atoms with Gasteiger partial charge in [0.15, 0.2) is 0 Å². The normalized spacial score (nSPS) is 17.7. The minimum atomic E-state index is -0.109. The van der Waals surface area contributed by atoms with E-state index in [4.69, 9.17) is 9.47 Å². The van der Waals surface area contributed by atoms with Crippen LogP contribution in [0.2, 0.25) is 0 Å². The van der Waals surface area contributed by atoms with Gasteiger partial charge in [0.05, 0.1) is 49.3 Å². The van der Waals surface area contributed by atoms with E-state index in [1.807, 2.05) is 18.2 Å². The summed E-state index contributed by atoms with van der Waals surface area (Å²) in [7, 11) is 0. The summed E-state index contributed by atoms with van der Waals surface area (Å²) in [6, 6.07) is 5.88. The van der Waals surface area contributed by atoms with Crippen LogP contribution in [0, 0.1) is 0 Å². The molecule has 2 amide bonds. The van der Waals surface area contributed by atoms with Gasteiger partial charge in [0.25, 0.3) is 0 Å². The van der Waals surface area contributed by atoms with Crippen molar-refractivity contribution in [1.82, 2.24) is 4.90 Å². The number of anilines is 2. The van der Waals surface area contributed by atoms with Gasteiger partial charge in [0.2, 0.25) is 11.8 Å². The number of nitrogens with zero attached hydrogens (tertiary/aromatic N) is 2. The Morgan fingerprint density at radius 3 is 2.41 bits per heavy atom. The Morgan fingerprint density at radius 1 is 1.04 bits per heavy atom. The standard InChI is InChI=1S/C18H24BrN3O4S/c19-14-1-2-16(21-3-7-25-8-4-21)15(11-14)20-17(23)12-27-13-18(24)22-5-9-26-10-6-22/h1-2,11H,3-10,12-13H2,(H,20,23). The number of nitrogens with one attached hydrogen (secondary N) is 1. The minimum absolute atomic E-state index is 0.0626. The molecule has 0 aromatic heterocycles. The molecule has 1 aromatic rings. The number of carbonyl (C=O) groups excluding carboxylic acids is 2. The van der Waals surface area contributed by atoms with Crippen molar-refractivity contribution in [3.05, 3.63) is 22.7 Å². The third-order valence-corrected chi connectivity index (χ3v) is 5.82. The average molecular weight is 458 g/mol. The first-order valence-corrected chi connectivity index (χ1v) is 10.9. The molecule has 2 aliphatic rings. The van der Waals surface area contributed by atoms with Crippen LogP contribution in [-0.4, -0.2) is 80.8 Å². The number of halogens is 1. The van der Waals surface area contributed by atoms with Crippen molar-refractivity contribution >= 4 is 50.9 Å². The smallest absolute Gasteiger partial charge is 0.234 e. The number of carbonyl (C=O) groups is 2. The highest BCUT2D eigenvalue weighted by Crippen LogP contribution is 2.30. The predicted octanol–water partition coefficient (Wildman–Crippen LogP) is 1.82. The fraction of sp³-hybridized carbons (Fsp3) is 0.556. The highest BCUT2D eigenvalue weighted by Gasteiger charge is 2.19. The molecule has 7 nitrogen and oxygen atoms in total. The van der Waals surface area contributed by atoms with Crippen molar-refractivity contribution in [2.75, 3.05) is 74.3 Å². The molecule has 2 saturated heterocycles. The number of amides is 2. The van der Waals surface area contributed by atoms with Crippen molar-refractivity contribution in [3.8, 4) is 0 Å². The SMILES string of the molecule is O=C(CSCC(=O)N1CCOCC1)Nc1cc(Br)ccc1N1CCOCC1. The molecule has 0 atom stereocenters. The maximum atomic E-state index is 12.4. The van der Waals surface area contributed by atoms with Crippen molar-refractivity contribution in [1.29, 1.82) is 0 Å². The molecule has 2 fully saturated rings. The second-order valence-corrected chi connectivity index (χ2v) is 8.20. The second kappa shape index (κ2) is 10.3. The Bertz CT molecular complexity index is 664. The molecule has 9 heteroatoms. The van der Waals surface area contributed by atoms with E-state index in [2.05, 4.69) is 26.1 Å². The maximum absolute atomic E-state index is 12.4. The number of morpholine rings is 2. The van der Waals surface area contributed by atoms with Crippen LogP contribution >= 0.6 is 27.7 Å². The van der Waals surface area contributed by atoms with Crippen molar-refractivity contribution in [3.63, 3.8) is 0 Å². The number of rotatable bonds is 6. The molecule has 148 valence electrons. The van der Waals surface area contributed by atoms with Crippen LogP contribution in [0.5, 0.6) is 0 Å². The second-order valence-electron chi connectivity index (χ2n) is 6.30. The molecule has 0 bridgehead atoms. The molecule has 2 aliphatic heterocycles. The van der Waals surface area contributed by atoms with Gasteiger partial charge in [-0.3, -0.25) is 9.59 Å². The summed E-state index contributed by atoms with van der Waals surface area (Å²) in [5.41, 5.74) is 1.76. The van der Waals surface area contributed by atoms with Gasteiger partial charge in [-0.05, 0) is 18.2 Å². The van der Waals surface area contributed by atoms with Gasteiger partial charge in [-0.1, -0.05) is 15.9 Å². The Morgan fingerprint density at radius 2 is 1.70 bits per heavy atom. The zero-order valence-electron chi connectivity index (χ0n) is 15.1. The van der Waals surface area contributed by atoms with Crippen LogP contribution in [0.25, 0.3) is 0 Å². The van der Waals surface area contributed by atoms with Crippen molar-refractivity contribution in [2.45, 2.75) is 0 Å². The van der Waals surface area contributed by atoms with Crippen LogP contribution in [0.1, 0.15) is 0 Å². The summed E-state index contributed by atoms with van der Waals surface area (Å²) in [6.45, 7) is 5.40. The van der Waals surface area contributed by atoms with Crippen LogP contribution in [0.3, 0.4) is 0 Å². The Hall–Kier alpha value is -1.29. The van der Waals surface area contributed by atoms with E-state index >= 15 is 0 Å². The van der Waals surface area contributed by atoms with Gasteiger partial charge >= 0.3 is 0 Å². The van der Waals surface area contributed by atoms with Crippen LogP contribution in [-0.2, 0) is 19.1 Å². The zero-order chi connectivity index (χ0) is 19.1. The summed E-state index contributed by atoms with van der Waals surface area (Å²) in [6.07, 6.45) is 0. The van der Waals surface area contributed by atoms with E-state index < -0.39 is 0 Å². The molecule has 2 heterocycles. The van der Waals surface area contributed by atoms with Gasteiger partial charge in [0.1, 0.15) is 0 Å². The Kier molecular flexibility index (Phi) is 7.81. The van der Waals surface area contributed by atoms with E-state index in [1.165, 1.54) is 11.8 Å². The first-order chi connectivity index (χ1) is 13.1. The first-order valence-electron chi connectivity index (χ1n) is 8.99. The molecule has 0 saturated carbocycles. The molecule has 0 spiro atoms. The zero-order valence-corrected chi connectivity index (χ0v) is 17.5. The molecule has 0 unspecified atom stereocenters. The van der Waals surface area contributed by atoms with E-state index in [1.54, 1.807) is 4.90 Å². The number of thioether (sulfide) groups is 1. The van der Waals surface area contributed by atoms with E-state index in [0.29, 0.717) is 45.3 Å².